The number of benzene rings is 2. The molecule has 39 heavy (non-hydrogen) atoms. The molecule has 0 saturated carbocycles. The Bertz CT molecular complexity index is 1640. The smallest absolute Gasteiger partial charge is 0.350 e. The number of anilines is 1. The number of rotatable bonds is 6. The molecule has 1 fully saturated rings. The van der Waals surface area contributed by atoms with Crippen LogP contribution < -0.4 is 10.6 Å². The highest BCUT2D eigenvalue weighted by Crippen LogP contribution is 2.34. The van der Waals surface area contributed by atoms with Crippen LogP contribution in [0.3, 0.4) is 0 Å². The summed E-state index contributed by atoms with van der Waals surface area (Å²) in [5.74, 6) is -0.382. The molecule has 1 aliphatic rings. The standard InChI is InChI=1S/C30H29ClFN5O2/c1-4-10-20-11-6-9-14-25(20)37-29-22(17-24(32)27(33-29)21-12-7-8-13-23(21)31)28(34-30(37)39)36-16-15-35(18-19(36)3)26(38)5-2/h5-9,11-14,17,19H,2,4,10,15-16,18H2,1,3H3/t19-/m0/s1. The summed E-state index contributed by atoms with van der Waals surface area (Å²) in [5.41, 5.74) is 1.90. The molecule has 0 radical (unpaired) electrons. The van der Waals surface area contributed by atoms with Crippen LogP contribution in [0.15, 0.2) is 72.0 Å². The summed E-state index contributed by atoms with van der Waals surface area (Å²) in [6.07, 6.45) is 2.93. The fourth-order valence-corrected chi connectivity index (χ4v) is 5.42. The number of nitrogens with zero attached hydrogens (tertiary/aromatic N) is 5. The molecule has 1 saturated heterocycles. The lowest BCUT2D eigenvalue weighted by Gasteiger charge is -2.40. The molecule has 0 unspecified atom stereocenters. The van der Waals surface area contributed by atoms with Gasteiger partial charge in [-0.1, -0.05) is 67.9 Å². The SMILES string of the molecule is C=CC(=O)N1CCN(c2nc(=O)n(-c3ccccc3CCC)c3nc(-c4ccccc4Cl)c(F)cc23)[C@@H](C)C1. The van der Waals surface area contributed by atoms with Crippen molar-refractivity contribution in [2.24, 2.45) is 0 Å². The first-order valence-electron chi connectivity index (χ1n) is 13.0. The van der Waals surface area contributed by atoms with Crippen LogP contribution in [0.4, 0.5) is 10.2 Å². The van der Waals surface area contributed by atoms with Crippen molar-refractivity contribution in [1.82, 2.24) is 19.4 Å². The number of carbonyl (C=O) groups is 1. The average molecular weight is 546 g/mol. The van der Waals surface area contributed by atoms with Gasteiger partial charge in [0.1, 0.15) is 17.3 Å². The van der Waals surface area contributed by atoms with Crippen LogP contribution in [0.1, 0.15) is 25.8 Å². The van der Waals surface area contributed by atoms with Crippen molar-refractivity contribution >= 4 is 34.4 Å². The zero-order valence-corrected chi connectivity index (χ0v) is 22.7. The Morgan fingerprint density at radius 2 is 1.90 bits per heavy atom. The van der Waals surface area contributed by atoms with Gasteiger partial charge in [-0.3, -0.25) is 4.79 Å². The zero-order chi connectivity index (χ0) is 27.7. The fraction of sp³-hybridized carbons (Fsp3) is 0.267. The first-order chi connectivity index (χ1) is 18.8. The number of aryl methyl sites for hydroxylation is 1. The molecule has 0 N–H and O–H groups in total. The number of fused-ring (bicyclic) bond motifs is 1. The van der Waals surface area contributed by atoms with Crippen LogP contribution in [0.5, 0.6) is 0 Å². The van der Waals surface area contributed by atoms with E-state index in [4.69, 9.17) is 16.6 Å². The molecule has 0 spiro atoms. The number of hydrogen-bond acceptors (Lipinski definition) is 5. The molecule has 1 amide bonds. The van der Waals surface area contributed by atoms with E-state index in [1.807, 2.05) is 36.1 Å². The minimum Gasteiger partial charge on any atom is -0.350 e. The van der Waals surface area contributed by atoms with Crippen molar-refractivity contribution in [3.63, 3.8) is 0 Å². The van der Waals surface area contributed by atoms with Gasteiger partial charge in [0.05, 0.1) is 16.1 Å². The van der Waals surface area contributed by atoms with E-state index in [1.54, 1.807) is 29.2 Å². The third-order valence-corrected chi connectivity index (χ3v) is 7.40. The molecule has 2 aromatic carbocycles. The van der Waals surface area contributed by atoms with E-state index >= 15 is 4.39 Å². The van der Waals surface area contributed by atoms with Gasteiger partial charge in [-0.2, -0.15) is 4.98 Å². The first-order valence-corrected chi connectivity index (χ1v) is 13.4. The van der Waals surface area contributed by atoms with Gasteiger partial charge < -0.3 is 9.80 Å². The number of hydrogen-bond donors (Lipinski definition) is 0. The highest BCUT2D eigenvalue weighted by molar-refractivity contribution is 6.33. The first kappa shape index (κ1) is 26.6. The molecular weight excluding hydrogens is 517 g/mol. The van der Waals surface area contributed by atoms with Crippen LogP contribution in [0, 0.1) is 5.82 Å². The summed E-state index contributed by atoms with van der Waals surface area (Å²) >= 11 is 6.42. The zero-order valence-electron chi connectivity index (χ0n) is 21.9. The van der Waals surface area contributed by atoms with Gasteiger partial charge in [0.15, 0.2) is 5.65 Å². The Morgan fingerprint density at radius 1 is 1.15 bits per heavy atom. The molecule has 9 heteroatoms. The minimum absolute atomic E-state index is 0.0563. The summed E-state index contributed by atoms with van der Waals surface area (Å²) in [4.78, 5) is 38.8. The van der Waals surface area contributed by atoms with Crippen LogP contribution in [-0.4, -0.2) is 51.0 Å². The van der Waals surface area contributed by atoms with Crippen molar-refractivity contribution in [2.45, 2.75) is 32.7 Å². The largest absolute Gasteiger partial charge is 0.355 e. The quantitative estimate of drug-likeness (QED) is 0.303. The van der Waals surface area contributed by atoms with Crippen molar-refractivity contribution in [2.75, 3.05) is 24.5 Å². The molecule has 200 valence electrons. The Labute approximate surface area is 231 Å². The summed E-state index contributed by atoms with van der Waals surface area (Å²) in [7, 11) is 0. The summed E-state index contributed by atoms with van der Waals surface area (Å²) < 4.78 is 17.2. The predicted molar refractivity (Wildman–Crippen MR) is 153 cm³/mol. The fourth-order valence-electron chi connectivity index (χ4n) is 5.20. The lowest BCUT2D eigenvalue weighted by atomic mass is 10.1. The van der Waals surface area contributed by atoms with E-state index < -0.39 is 11.5 Å². The van der Waals surface area contributed by atoms with Crippen LogP contribution >= 0.6 is 11.6 Å². The third-order valence-electron chi connectivity index (χ3n) is 7.07. The maximum absolute atomic E-state index is 15.8. The van der Waals surface area contributed by atoms with E-state index in [-0.39, 0.29) is 17.6 Å². The van der Waals surface area contributed by atoms with Gasteiger partial charge in [0.25, 0.3) is 0 Å². The Morgan fingerprint density at radius 3 is 2.62 bits per heavy atom. The number of carbonyl (C=O) groups excluding carboxylic acids is 1. The number of para-hydroxylation sites is 1. The lowest BCUT2D eigenvalue weighted by Crippen LogP contribution is -2.54. The number of pyridine rings is 1. The number of piperazine rings is 1. The Hall–Kier alpha value is -4.04. The van der Waals surface area contributed by atoms with Crippen LogP contribution in [-0.2, 0) is 11.2 Å². The Balaban J connectivity index is 1.77. The maximum Gasteiger partial charge on any atom is 0.355 e. The van der Waals surface area contributed by atoms with Crippen molar-refractivity contribution in [3.05, 3.63) is 94.1 Å². The van der Waals surface area contributed by atoms with Gasteiger partial charge in [0, 0.05) is 31.2 Å². The highest BCUT2D eigenvalue weighted by Gasteiger charge is 2.30. The van der Waals surface area contributed by atoms with Gasteiger partial charge in [-0.15, -0.1) is 0 Å². The second-order valence-corrected chi connectivity index (χ2v) is 10.0. The summed E-state index contributed by atoms with van der Waals surface area (Å²) in [6.45, 7) is 8.86. The molecule has 0 bridgehead atoms. The highest BCUT2D eigenvalue weighted by atomic mass is 35.5. The normalized spacial score (nSPS) is 15.5. The molecule has 1 atom stereocenters. The molecule has 5 rings (SSSR count). The second-order valence-electron chi connectivity index (χ2n) is 9.63. The molecule has 7 nitrogen and oxygen atoms in total. The van der Waals surface area contributed by atoms with Crippen LogP contribution in [0.2, 0.25) is 5.02 Å². The second kappa shape index (κ2) is 11.0. The molecule has 0 aliphatic carbocycles. The average Bonchev–Trinajstić information content (AvgIpc) is 2.93. The third kappa shape index (κ3) is 4.92. The maximum atomic E-state index is 15.8. The Kier molecular flexibility index (Phi) is 7.48. The topological polar surface area (TPSA) is 71.3 Å². The molecule has 1 aliphatic heterocycles. The van der Waals surface area contributed by atoms with E-state index in [2.05, 4.69) is 18.5 Å². The van der Waals surface area contributed by atoms with Gasteiger partial charge in [-0.25, -0.2) is 18.7 Å². The minimum atomic E-state index is -0.571. The van der Waals surface area contributed by atoms with Gasteiger partial charge in [0.2, 0.25) is 5.91 Å². The number of amides is 1. The monoisotopic (exact) mass is 545 g/mol. The van der Waals surface area contributed by atoms with Gasteiger partial charge >= 0.3 is 5.69 Å². The molecular formula is C30H29ClFN5O2. The van der Waals surface area contributed by atoms with E-state index in [0.29, 0.717) is 52.8 Å². The van der Waals surface area contributed by atoms with E-state index in [9.17, 15) is 9.59 Å². The van der Waals surface area contributed by atoms with Crippen molar-refractivity contribution < 1.29 is 9.18 Å². The van der Waals surface area contributed by atoms with E-state index in [1.165, 1.54) is 16.7 Å². The van der Waals surface area contributed by atoms with Gasteiger partial charge in [-0.05, 0) is 43.2 Å². The predicted octanol–water partition coefficient (Wildman–Crippen LogP) is 5.42. The van der Waals surface area contributed by atoms with Crippen molar-refractivity contribution in [3.8, 4) is 16.9 Å². The van der Waals surface area contributed by atoms with Crippen molar-refractivity contribution in [1.29, 1.82) is 0 Å². The van der Waals surface area contributed by atoms with E-state index in [0.717, 1.165) is 18.4 Å². The summed E-state index contributed by atoms with van der Waals surface area (Å²) in [5, 5.41) is 0.763. The number of halogens is 2. The summed E-state index contributed by atoms with van der Waals surface area (Å²) in [6, 6.07) is 15.7. The molecule has 4 aromatic rings. The molecule has 2 aromatic heterocycles. The van der Waals surface area contributed by atoms with Crippen LogP contribution in [0.25, 0.3) is 28.0 Å². The number of aromatic nitrogens is 3. The molecule has 3 heterocycles. The lowest BCUT2D eigenvalue weighted by molar-refractivity contribution is -0.126.